The van der Waals surface area contributed by atoms with Crippen LogP contribution in [0.4, 0.5) is 69.9 Å². The fourth-order valence-electron chi connectivity index (χ4n) is 5.06. The van der Waals surface area contributed by atoms with Gasteiger partial charge >= 0.3 is 48.1 Å². The SMILES string of the molecule is C.C1=C[CH+]C(=C(c2ccccc2)c2ccccc2)C=C1.C1=C[CH+]C(=C(c2ccccc2)c2ccccc2)C=C1.F[B-](F)(F)F.O=S(=O)([N-]S(=O)(=O)C(F)(F)F)C(F)(F)F.O=S(=O)([N-]S(=O)(=O)C(F)(F)F)C(F)(F)F.[Li+]. The molecule has 0 atom stereocenters. The molecule has 0 saturated heterocycles. The summed E-state index contributed by atoms with van der Waals surface area (Å²) in [5, 5.41) is 0. The van der Waals surface area contributed by atoms with Crippen LogP contribution >= 0.6 is 0 Å². The smallest absolute Gasteiger partial charge is 0.421 e. The summed E-state index contributed by atoms with van der Waals surface area (Å²) in [7, 11) is -32.9. The Kier molecular flexibility index (Phi) is 26.3. The van der Waals surface area contributed by atoms with E-state index in [-0.39, 0.29) is 26.3 Å². The van der Waals surface area contributed by atoms with Crippen molar-refractivity contribution in [3.63, 3.8) is 0 Å². The Balaban J connectivity index is 0.000000943. The van der Waals surface area contributed by atoms with Crippen molar-refractivity contribution in [3.05, 3.63) is 224 Å². The Labute approximate surface area is 432 Å². The van der Waals surface area contributed by atoms with Crippen molar-refractivity contribution in [3.8, 4) is 0 Å². The van der Waals surface area contributed by atoms with E-state index >= 15 is 0 Å². The molecule has 0 aromatic heterocycles. The van der Waals surface area contributed by atoms with Gasteiger partial charge in [0, 0.05) is 83.7 Å². The largest absolute Gasteiger partial charge is 1.00 e. The van der Waals surface area contributed by atoms with Gasteiger partial charge in [-0.15, -0.1) is 0 Å². The molecule has 75 heavy (non-hydrogen) atoms. The fraction of sp³-hybridized carbons (Fsp3) is 0.116. The van der Waals surface area contributed by atoms with Crippen LogP contribution in [0.1, 0.15) is 29.7 Å². The summed E-state index contributed by atoms with van der Waals surface area (Å²) in [4.78, 5) is 0. The molecule has 0 amide bonds. The zero-order valence-corrected chi connectivity index (χ0v) is 40.0. The van der Waals surface area contributed by atoms with Crippen LogP contribution < -0.4 is 18.9 Å². The minimum Gasteiger partial charge on any atom is -0.421 e. The Morgan fingerprint density at radius 3 is 0.707 bits per heavy atom. The first-order chi connectivity index (χ1) is 33.3. The minimum atomic E-state index is -6.72. The number of hydrogen-bond donors (Lipinski definition) is 0. The maximum atomic E-state index is 11.4. The van der Waals surface area contributed by atoms with E-state index in [2.05, 4.69) is 183 Å². The zero-order chi connectivity index (χ0) is 55.7. The maximum absolute atomic E-state index is 11.4. The van der Waals surface area contributed by atoms with Gasteiger partial charge in [0.2, 0.25) is 0 Å². The number of sulfonamides is 4. The summed E-state index contributed by atoms with van der Waals surface area (Å²) in [5.41, 5.74) is -14.8. The van der Waals surface area contributed by atoms with Crippen molar-refractivity contribution < 1.29 is 122 Å². The van der Waals surface area contributed by atoms with E-state index in [1.807, 2.05) is 0 Å². The third-order valence-corrected chi connectivity index (χ3v) is 13.4. The van der Waals surface area contributed by atoms with Crippen LogP contribution in [0.2, 0.25) is 0 Å². The van der Waals surface area contributed by atoms with E-state index in [4.69, 9.17) is 0 Å². The number of halogens is 16. The molecule has 0 spiro atoms. The Bertz CT molecular complexity index is 2720. The summed E-state index contributed by atoms with van der Waals surface area (Å²) in [5.74, 6) is 0. The molecular formula is C43H34BF16LiN2O8S4. The average molecular weight is 1160 g/mol. The van der Waals surface area contributed by atoms with E-state index in [0.717, 1.165) is 8.25 Å². The second kappa shape index (κ2) is 28.5. The van der Waals surface area contributed by atoms with E-state index < -0.39 is 69.4 Å². The molecule has 0 N–H and O–H groups in total. The van der Waals surface area contributed by atoms with E-state index in [0.29, 0.717) is 0 Å². The van der Waals surface area contributed by atoms with Gasteiger partial charge in [-0.25, -0.2) is 33.7 Å². The third kappa shape index (κ3) is 23.0. The van der Waals surface area contributed by atoms with Gasteiger partial charge in [-0.05, 0) is 48.5 Å². The number of rotatable bonds is 8. The number of alkyl halides is 12. The molecule has 0 saturated carbocycles. The summed E-state index contributed by atoms with van der Waals surface area (Å²) in [6, 6.07) is 42.2. The summed E-state index contributed by atoms with van der Waals surface area (Å²) >= 11 is 0. The van der Waals surface area contributed by atoms with Crippen molar-refractivity contribution in [2.45, 2.75) is 29.5 Å². The molecule has 0 fully saturated rings. The van der Waals surface area contributed by atoms with E-state index in [1.54, 1.807) is 0 Å². The normalized spacial score (nSPS) is 13.6. The van der Waals surface area contributed by atoms with Crippen LogP contribution in [-0.2, 0) is 40.1 Å². The number of allylic oxidation sites excluding steroid dienone is 10. The molecule has 0 unspecified atom stereocenters. The molecule has 0 radical (unpaired) electrons. The quantitative estimate of drug-likeness (QED) is 0.0956. The van der Waals surface area contributed by atoms with Crippen LogP contribution in [0.5, 0.6) is 0 Å². The van der Waals surface area contributed by atoms with Gasteiger partial charge in [0.15, 0.2) is 40.1 Å². The van der Waals surface area contributed by atoms with Crippen LogP contribution in [-0.4, -0.2) is 63.0 Å². The fourth-order valence-corrected chi connectivity index (χ4v) is 8.48. The summed E-state index contributed by atoms with van der Waals surface area (Å²) in [6.07, 6.45) is 21.1. The van der Waals surface area contributed by atoms with Gasteiger partial charge in [0.1, 0.15) is 11.1 Å². The number of nitrogens with zero attached hydrogens (tertiary/aromatic N) is 2. The monoisotopic (exact) mass is 1160 g/mol. The topological polar surface area (TPSA) is 165 Å². The molecule has 0 bridgehead atoms. The molecule has 2 aliphatic carbocycles. The maximum Gasteiger partial charge on any atom is 1.00 e. The van der Waals surface area contributed by atoms with Gasteiger partial charge in [-0.1, -0.05) is 80.2 Å². The predicted molar refractivity (Wildman–Crippen MR) is 247 cm³/mol. The van der Waals surface area contributed by atoms with Gasteiger partial charge < -0.3 is 25.5 Å². The molecule has 404 valence electrons. The van der Waals surface area contributed by atoms with Crippen LogP contribution in [0.15, 0.2) is 181 Å². The van der Waals surface area contributed by atoms with Crippen molar-refractivity contribution in [2.75, 3.05) is 0 Å². The second-order valence-electron chi connectivity index (χ2n) is 13.3. The molecule has 4 aromatic rings. The molecule has 10 nitrogen and oxygen atoms in total. The van der Waals surface area contributed by atoms with Crippen molar-refractivity contribution in [1.29, 1.82) is 0 Å². The van der Waals surface area contributed by atoms with Crippen LogP contribution in [0, 0.1) is 12.8 Å². The van der Waals surface area contributed by atoms with Crippen molar-refractivity contribution >= 4 is 58.5 Å². The predicted octanol–water partition coefficient (Wildman–Crippen LogP) is 10.7. The first kappa shape index (κ1) is 69.3. The van der Waals surface area contributed by atoms with E-state index in [9.17, 15) is 104 Å². The Hall–Kier alpha value is -5.68. The molecular weight excluding hydrogens is 1120 g/mol. The second-order valence-corrected chi connectivity index (χ2v) is 20.1. The standard InChI is InChI=1S/2C19H15.2C2F6NO4S2.CH4.BF4.Li/c2*1-4-10-16(11-5-1)19(17-12-6-2-7-13-17)18-14-8-3-9-15-18;2*3-1(4,5)14(10,11)9-15(12,13)2(6,7)8;;2-1(3,4)5;/h2*1-15H;;;1H4;;/q2*+1;2*-1;;-1;+1. The van der Waals surface area contributed by atoms with Gasteiger partial charge in [-0.2, -0.15) is 52.7 Å². The van der Waals surface area contributed by atoms with E-state index in [1.165, 1.54) is 44.5 Å². The van der Waals surface area contributed by atoms with Gasteiger partial charge in [0.05, 0.1) is 11.1 Å². The number of hydrogen-bond acceptors (Lipinski definition) is 8. The van der Waals surface area contributed by atoms with Crippen LogP contribution in [0.25, 0.3) is 19.4 Å². The first-order valence-corrected chi connectivity index (χ1v) is 24.7. The Morgan fingerprint density at radius 2 is 0.560 bits per heavy atom. The molecule has 0 heterocycles. The average Bonchev–Trinajstić information content (AvgIpc) is 3.27. The third-order valence-electron chi connectivity index (χ3n) is 7.94. The molecule has 0 aliphatic heterocycles. The molecule has 2 aliphatic rings. The van der Waals surface area contributed by atoms with Gasteiger partial charge in [-0.3, -0.25) is 0 Å². The summed E-state index contributed by atoms with van der Waals surface area (Å²) < 4.78 is 257. The first-order valence-electron chi connectivity index (χ1n) is 19.0. The molecule has 32 heteroatoms. The van der Waals surface area contributed by atoms with Crippen molar-refractivity contribution in [2.24, 2.45) is 0 Å². The zero-order valence-electron chi connectivity index (χ0n) is 36.7. The van der Waals surface area contributed by atoms with Crippen LogP contribution in [0.3, 0.4) is 0 Å². The van der Waals surface area contributed by atoms with Crippen molar-refractivity contribution in [1.82, 2.24) is 0 Å². The summed E-state index contributed by atoms with van der Waals surface area (Å²) in [6.45, 7) is 0. The molecule has 4 aromatic carbocycles. The minimum absolute atomic E-state index is 0. The molecule has 6 rings (SSSR count). The number of benzene rings is 4. The Morgan fingerprint density at radius 1 is 0.373 bits per heavy atom. The van der Waals surface area contributed by atoms with Gasteiger partial charge in [0.25, 0.3) is 0 Å².